The lowest BCUT2D eigenvalue weighted by molar-refractivity contribution is 1.54. The maximum atomic E-state index is 6.00. The Kier molecular flexibility index (Phi) is 1.87. The Morgan fingerprint density at radius 2 is 1.50 bits per heavy atom. The van der Waals surface area contributed by atoms with Crippen molar-refractivity contribution in [1.82, 2.24) is 0 Å². The minimum atomic E-state index is 0.850. The zero-order valence-electron chi connectivity index (χ0n) is 9.20. The Bertz CT molecular complexity index is 626. The second kappa shape index (κ2) is 3.24. The van der Waals surface area contributed by atoms with Gasteiger partial charge in [-0.1, -0.05) is 30.3 Å². The molecule has 0 fully saturated rings. The number of hydrogen-bond acceptors (Lipinski definition) is 1. The highest BCUT2D eigenvalue weighted by atomic mass is 14.5. The number of fused-ring (bicyclic) bond motifs is 2. The lowest BCUT2D eigenvalue weighted by Crippen LogP contribution is -1.87. The minimum absolute atomic E-state index is 0.850. The van der Waals surface area contributed by atoms with Crippen molar-refractivity contribution in [3.05, 3.63) is 54.1 Å². The van der Waals surface area contributed by atoms with Crippen molar-refractivity contribution in [2.75, 3.05) is 5.73 Å². The van der Waals surface area contributed by atoms with Crippen LogP contribution in [-0.2, 0) is 0 Å². The lowest BCUT2D eigenvalue weighted by Gasteiger charge is -2.06. The second-order valence-electron chi connectivity index (χ2n) is 4.22. The molecule has 0 saturated heterocycles. The Labute approximate surface area is 94.5 Å². The fourth-order valence-electron chi connectivity index (χ4n) is 2.23. The van der Waals surface area contributed by atoms with Gasteiger partial charge in [0.25, 0.3) is 0 Å². The van der Waals surface area contributed by atoms with Crippen LogP contribution in [0.15, 0.2) is 48.5 Å². The zero-order valence-corrected chi connectivity index (χ0v) is 9.20. The molecular weight excluding hydrogens is 194 g/mol. The Morgan fingerprint density at radius 3 is 2.31 bits per heavy atom. The summed E-state index contributed by atoms with van der Waals surface area (Å²) >= 11 is 0. The summed E-state index contributed by atoms with van der Waals surface area (Å²) in [5.41, 5.74) is 8.14. The lowest BCUT2D eigenvalue weighted by atomic mass is 10.00. The van der Waals surface area contributed by atoms with Gasteiger partial charge in [0.15, 0.2) is 0 Å². The number of rotatable bonds is 0. The third kappa shape index (κ3) is 1.25. The van der Waals surface area contributed by atoms with E-state index in [9.17, 15) is 0 Å². The highest BCUT2D eigenvalue weighted by Crippen LogP contribution is 2.28. The standard InChI is InChI=1S/C15H13N/c1-10-4-2-5-11-8-12-6-3-7-15(16)14(12)9-13(10)11/h2-9H,16H2,1H3. The van der Waals surface area contributed by atoms with Crippen LogP contribution in [0.3, 0.4) is 0 Å². The molecule has 3 aromatic rings. The fraction of sp³-hybridized carbons (Fsp3) is 0.0667. The van der Waals surface area contributed by atoms with Gasteiger partial charge in [0.2, 0.25) is 0 Å². The van der Waals surface area contributed by atoms with Crippen LogP contribution >= 0.6 is 0 Å². The number of anilines is 1. The first-order chi connectivity index (χ1) is 7.75. The van der Waals surface area contributed by atoms with E-state index in [0.717, 1.165) is 11.1 Å². The van der Waals surface area contributed by atoms with Crippen LogP contribution in [0.1, 0.15) is 5.56 Å². The van der Waals surface area contributed by atoms with E-state index in [1.165, 1.54) is 21.7 Å². The Hall–Kier alpha value is -2.02. The molecule has 0 atom stereocenters. The summed E-state index contributed by atoms with van der Waals surface area (Å²) in [6, 6.07) is 16.8. The molecular formula is C15H13N. The van der Waals surface area contributed by atoms with Crippen LogP contribution in [0, 0.1) is 6.92 Å². The van der Waals surface area contributed by atoms with Crippen LogP contribution in [0.5, 0.6) is 0 Å². The molecule has 0 heterocycles. The normalized spacial score (nSPS) is 11.1. The number of aryl methyl sites for hydroxylation is 1. The molecule has 0 aliphatic carbocycles. The molecule has 3 rings (SSSR count). The van der Waals surface area contributed by atoms with Crippen LogP contribution in [0.4, 0.5) is 5.69 Å². The average Bonchev–Trinajstić information content (AvgIpc) is 2.28. The summed E-state index contributed by atoms with van der Waals surface area (Å²) in [4.78, 5) is 0. The van der Waals surface area contributed by atoms with E-state index in [0.29, 0.717) is 0 Å². The maximum Gasteiger partial charge on any atom is 0.0393 e. The molecule has 0 spiro atoms. The first-order valence-electron chi connectivity index (χ1n) is 5.43. The summed E-state index contributed by atoms with van der Waals surface area (Å²) in [5, 5.41) is 4.91. The van der Waals surface area contributed by atoms with E-state index in [-0.39, 0.29) is 0 Å². The van der Waals surface area contributed by atoms with Gasteiger partial charge in [-0.25, -0.2) is 0 Å². The van der Waals surface area contributed by atoms with Gasteiger partial charge < -0.3 is 5.73 Å². The van der Waals surface area contributed by atoms with E-state index < -0.39 is 0 Å². The number of hydrogen-bond donors (Lipinski definition) is 1. The Morgan fingerprint density at radius 1 is 0.812 bits per heavy atom. The summed E-state index contributed by atoms with van der Waals surface area (Å²) in [6.07, 6.45) is 0. The smallest absolute Gasteiger partial charge is 0.0393 e. The number of benzene rings is 3. The molecule has 0 aliphatic rings. The predicted molar refractivity (Wildman–Crippen MR) is 70.6 cm³/mol. The van der Waals surface area contributed by atoms with Gasteiger partial charge >= 0.3 is 0 Å². The minimum Gasteiger partial charge on any atom is -0.398 e. The highest BCUT2D eigenvalue weighted by Gasteiger charge is 2.01. The molecule has 0 bridgehead atoms. The molecule has 0 aromatic heterocycles. The summed E-state index contributed by atoms with van der Waals surface area (Å²) < 4.78 is 0. The van der Waals surface area contributed by atoms with Crippen molar-refractivity contribution in [3.8, 4) is 0 Å². The van der Waals surface area contributed by atoms with E-state index in [1.807, 2.05) is 12.1 Å². The average molecular weight is 207 g/mol. The van der Waals surface area contributed by atoms with Crippen molar-refractivity contribution in [2.45, 2.75) is 6.92 Å². The molecule has 0 unspecified atom stereocenters. The zero-order chi connectivity index (χ0) is 11.1. The SMILES string of the molecule is Cc1cccc2cc3cccc(N)c3cc12. The summed E-state index contributed by atoms with van der Waals surface area (Å²) in [6.45, 7) is 2.13. The third-order valence-corrected chi connectivity index (χ3v) is 3.13. The van der Waals surface area contributed by atoms with Gasteiger partial charge in [0, 0.05) is 11.1 Å². The summed E-state index contributed by atoms with van der Waals surface area (Å²) in [5.74, 6) is 0. The van der Waals surface area contributed by atoms with E-state index in [1.54, 1.807) is 0 Å². The van der Waals surface area contributed by atoms with Crippen molar-refractivity contribution >= 4 is 27.2 Å². The van der Waals surface area contributed by atoms with Crippen LogP contribution < -0.4 is 5.73 Å². The van der Waals surface area contributed by atoms with Crippen molar-refractivity contribution < 1.29 is 0 Å². The molecule has 78 valence electrons. The monoisotopic (exact) mass is 207 g/mol. The van der Waals surface area contributed by atoms with Crippen molar-refractivity contribution in [1.29, 1.82) is 0 Å². The molecule has 0 saturated carbocycles. The molecule has 16 heavy (non-hydrogen) atoms. The molecule has 3 aromatic carbocycles. The van der Waals surface area contributed by atoms with Gasteiger partial charge in [-0.05, 0) is 46.8 Å². The summed E-state index contributed by atoms with van der Waals surface area (Å²) in [7, 11) is 0. The van der Waals surface area contributed by atoms with Crippen LogP contribution in [0.2, 0.25) is 0 Å². The quantitative estimate of drug-likeness (QED) is 0.439. The van der Waals surface area contributed by atoms with Gasteiger partial charge in [0.1, 0.15) is 0 Å². The first kappa shape index (κ1) is 9.22. The van der Waals surface area contributed by atoms with Crippen molar-refractivity contribution in [2.24, 2.45) is 0 Å². The van der Waals surface area contributed by atoms with E-state index >= 15 is 0 Å². The molecule has 1 nitrogen and oxygen atoms in total. The highest BCUT2D eigenvalue weighted by molar-refractivity contribution is 6.04. The van der Waals surface area contributed by atoms with Crippen molar-refractivity contribution in [3.63, 3.8) is 0 Å². The topological polar surface area (TPSA) is 26.0 Å². The third-order valence-electron chi connectivity index (χ3n) is 3.13. The molecule has 0 radical (unpaired) electrons. The Balaban J connectivity index is 2.55. The first-order valence-corrected chi connectivity index (χ1v) is 5.43. The molecule has 0 amide bonds. The van der Waals surface area contributed by atoms with Crippen LogP contribution in [-0.4, -0.2) is 0 Å². The molecule has 0 aliphatic heterocycles. The van der Waals surface area contributed by atoms with Gasteiger partial charge in [-0.15, -0.1) is 0 Å². The fourth-order valence-corrected chi connectivity index (χ4v) is 2.23. The van der Waals surface area contributed by atoms with Gasteiger partial charge in [0.05, 0.1) is 0 Å². The maximum absolute atomic E-state index is 6.00. The largest absolute Gasteiger partial charge is 0.398 e. The van der Waals surface area contributed by atoms with Gasteiger partial charge in [-0.2, -0.15) is 0 Å². The van der Waals surface area contributed by atoms with E-state index in [2.05, 4.69) is 43.3 Å². The molecule has 1 heteroatoms. The van der Waals surface area contributed by atoms with Gasteiger partial charge in [-0.3, -0.25) is 0 Å². The second-order valence-corrected chi connectivity index (χ2v) is 4.22. The predicted octanol–water partition coefficient (Wildman–Crippen LogP) is 3.88. The number of nitrogen functional groups attached to an aromatic ring is 1. The van der Waals surface area contributed by atoms with E-state index in [4.69, 9.17) is 5.73 Å². The van der Waals surface area contributed by atoms with Crippen LogP contribution in [0.25, 0.3) is 21.5 Å². The molecule has 2 N–H and O–H groups in total. The number of nitrogens with two attached hydrogens (primary N) is 1.